The second-order valence-electron chi connectivity index (χ2n) is 5.66. The molecule has 1 saturated heterocycles. The van der Waals surface area contributed by atoms with Crippen molar-refractivity contribution in [3.8, 4) is 5.75 Å². The first-order valence-corrected chi connectivity index (χ1v) is 8.36. The summed E-state index contributed by atoms with van der Waals surface area (Å²) in [6.07, 6.45) is 1.84. The summed E-state index contributed by atoms with van der Waals surface area (Å²) in [4.78, 5) is 24.3. The van der Waals surface area contributed by atoms with E-state index in [0.717, 1.165) is 12.8 Å². The van der Waals surface area contributed by atoms with Crippen molar-refractivity contribution in [2.75, 3.05) is 13.2 Å². The Morgan fingerprint density at radius 2 is 1.84 bits per heavy atom. The van der Waals surface area contributed by atoms with Crippen LogP contribution in [0.2, 0.25) is 5.02 Å². The third-order valence-corrected chi connectivity index (χ3v) is 4.00. The predicted octanol–water partition coefficient (Wildman–Crippen LogP) is 3.90. The van der Waals surface area contributed by atoms with Crippen LogP contribution in [0.1, 0.15) is 33.6 Å². The number of benzene rings is 2. The summed E-state index contributed by atoms with van der Waals surface area (Å²) in [6.45, 7) is 0.933. The maximum absolute atomic E-state index is 12.1. The number of carbonyl (C=O) groups is 2. The Labute approximate surface area is 150 Å². The van der Waals surface area contributed by atoms with Gasteiger partial charge in [-0.1, -0.05) is 23.7 Å². The lowest BCUT2D eigenvalue weighted by Gasteiger charge is -2.11. The van der Waals surface area contributed by atoms with E-state index in [1.807, 2.05) is 0 Å². The van der Waals surface area contributed by atoms with Gasteiger partial charge in [0.25, 0.3) is 0 Å². The quantitative estimate of drug-likeness (QED) is 0.598. The van der Waals surface area contributed by atoms with Gasteiger partial charge < -0.3 is 14.2 Å². The molecule has 1 aliphatic rings. The minimum absolute atomic E-state index is 0.0345. The molecule has 1 atom stereocenters. The first-order valence-electron chi connectivity index (χ1n) is 7.98. The topological polar surface area (TPSA) is 61.8 Å². The molecule has 0 saturated carbocycles. The molecule has 0 radical (unpaired) electrons. The fraction of sp³-hybridized carbons (Fsp3) is 0.263. The van der Waals surface area contributed by atoms with Crippen molar-refractivity contribution in [2.24, 2.45) is 0 Å². The normalized spacial score (nSPS) is 16.4. The highest BCUT2D eigenvalue weighted by Gasteiger charge is 2.18. The third kappa shape index (κ3) is 4.81. The van der Waals surface area contributed by atoms with Gasteiger partial charge in [0.15, 0.2) is 0 Å². The van der Waals surface area contributed by atoms with E-state index in [-0.39, 0.29) is 18.5 Å². The van der Waals surface area contributed by atoms with Crippen molar-refractivity contribution < 1.29 is 23.8 Å². The molecule has 2 aromatic rings. The van der Waals surface area contributed by atoms with Crippen molar-refractivity contribution in [3.63, 3.8) is 0 Å². The summed E-state index contributed by atoms with van der Waals surface area (Å²) in [5, 5.41) is 0.445. The van der Waals surface area contributed by atoms with Gasteiger partial charge in [0.1, 0.15) is 12.4 Å². The van der Waals surface area contributed by atoms with Crippen LogP contribution >= 0.6 is 11.6 Å². The number of carbonyl (C=O) groups excluding carboxylic acids is 2. The lowest BCUT2D eigenvalue weighted by atomic mass is 10.2. The average molecular weight is 361 g/mol. The second kappa shape index (κ2) is 8.14. The van der Waals surface area contributed by atoms with E-state index < -0.39 is 11.9 Å². The lowest BCUT2D eigenvalue weighted by Crippen LogP contribution is -2.18. The highest BCUT2D eigenvalue weighted by atomic mass is 35.5. The molecule has 2 aromatic carbocycles. The maximum atomic E-state index is 12.1. The zero-order valence-electron chi connectivity index (χ0n) is 13.4. The predicted molar refractivity (Wildman–Crippen MR) is 92.1 cm³/mol. The van der Waals surface area contributed by atoms with Gasteiger partial charge in [-0.2, -0.15) is 0 Å². The first kappa shape index (κ1) is 17.5. The Balaban J connectivity index is 1.62. The van der Waals surface area contributed by atoms with Crippen molar-refractivity contribution >= 4 is 23.5 Å². The molecule has 3 rings (SSSR count). The van der Waals surface area contributed by atoms with Gasteiger partial charge in [-0.05, 0) is 49.2 Å². The standard InChI is InChI=1S/C19H17ClO5/c20-15-6-1-4-13(10-15)19(22)25-16-7-2-5-14(11-16)18(21)24-12-17-8-3-9-23-17/h1-2,4-7,10-11,17H,3,8-9,12H2. The number of ether oxygens (including phenoxy) is 3. The molecule has 130 valence electrons. The highest BCUT2D eigenvalue weighted by molar-refractivity contribution is 6.30. The second-order valence-corrected chi connectivity index (χ2v) is 6.10. The molecule has 1 unspecified atom stereocenters. The van der Waals surface area contributed by atoms with Crippen molar-refractivity contribution in [1.82, 2.24) is 0 Å². The highest BCUT2D eigenvalue weighted by Crippen LogP contribution is 2.18. The summed E-state index contributed by atoms with van der Waals surface area (Å²) in [7, 11) is 0. The van der Waals surface area contributed by atoms with Gasteiger partial charge in [-0.15, -0.1) is 0 Å². The summed E-state index contributed by atoms with van der Waals surface area (Å²) < 4.78 is 16.0. The Hall–Kier alpha value is -2.37. The number of hydrogen-bond donors (Lipinski definition) is 0. The van der Waals surface area contributed by atoms with Gasteiger partial charge in [0, 0.05) is 11.6 Å². The summed E-state index contributed by atoms with van der Waals surface area (Å²) in [5.74, 6) is -0.764. The van der Waals surface area contributed by atoms with Gasteiger partial charge in [-0.25, -0.2) is 9.59 Å². The molecule has 6 heteroatoms. The van der Waals surface area contributed by atoms with E-state index in [1.165, 1.54) is 12.1 Å². The van der Waals surface area contributed by atoms with Crippen LogP contribution in [0.15, 0.2) is 48.5 Å². The Morgan fingerprint density at radius 3 is 2.56 bits per heavy atom. The average Bonchev–Trinajstić information content (AvgIpc) is 3.13. The van der Waals surface area contributed by atoms with Gasteiger partial charge >= 0.3 is 11.9 Å². The van der Waals surface area contributed by atoms with Crippen LogP contribution in [0.3, 0.4) is 0 Å². The number of hydrogen-bond acceptors (Lipinski definition) is 5. The Bertz CT molecular complexity index is 768. The van der Waals surface area contributed by atoms with Crippen LogP contribution in [0, 0.1) is 0 Å². The van der Waals surface area contributed by atoms with Crippen LogP contribution in [0.25, 0.3) is 0 Å². The largest absolute Gasteiger partial charge is 0.459 e. The number of esters is 2. The lowest BCUT2D eigenvalue weighted by molar-refractivity contribution is 0.0161. The van der Waals surface area contributed by atoms with Crippen LogP contribution in [-0.4, -0.2) is 31.3 Å². The van der Waals surface area contributed by atoms with Crippen LogP contribution in [-0.2, 0) is 9.47 Å². The number of rotatable bonds is 5. The first-order chi connectivity index (χ1) is 12.1. The van der Waals surface area contributed by atoms with E-state index in [2.05, 4.69) is 0 Å². The van der Waals surface area contributed by atoms with Gasteiger partial charge in [-0.3, -0.25) is 0 Å². The minimum Gasteiger partial charge on any atom is -0.459 e. The Kier molecular flexibility index (Phi) is 5.68. The molecule has 0 aliphatic carbocycles. The molecular weight excluding hydrogens is 344 g/mol. The van der Waals surface area contributed by atoms with E-state index in [0.29, 0.717) is 22.8 Å². The molecule has 1 fully saturated rings. The molecule has 0 spiro atoms. The van der Waals surface area contributed by atoms with E-state index in [4.69, 9.17) is 25.8 Å². The van der Waals surface area contributed by atoms with Gasteiger partial charge in [0.05, 0.1) is 17.2 Å². The monoisotopic (exact) mass is 360 g/mol. The molecule has 0 bridgehead atoms. The molecule has 25 heavy (non-hydrogen) atoms. The molecule has 0 aromatic heterocycles. The molecular formula is C19H17ClO5. The molecule has 0 N–H and O–H groups in total. The summed E-state index contributed by atoms with van der Waals surface area (Å²) in [6, 6.07) is 12.8. The molecule has 1 heterocycles. The van der Waals surface area contributed by atoms with Crippen molar-refractivity contribution in [3.05, 3.63) is 64.7 Å². The van der Waals surface area contributed by atoms with Crippen LogP contribution < -0.4 is 4.74 Å². The molecule has 1 aliphatic heterocycles. The summed E-state index contributed by atoms with van der Waals surface area (Å²) >= 11 is 5.87. The van der Waals surface area contributed by atoms with Crippen LogP contribution in [0.4, 0.5) is 0 Å². The van der Waals surface area contributed by atoms with E-state index in [1.54, 1.807) is 36.4 Å². The van der Waals surface area contributed by atoms with Crippen molar-refractivity contribution in [1.29, 1.82) is 0 Å². The zero-order chi connectivity index (χ0) is 17.6. The smallest absolute Gasteiger partial charge is 0.343 e. The zero-order valence-corrected chi connectivity index (χ0v) is 14.2. The maximum Gasteiger partial charge on any atom is 0.343 e. The summed E-state index contributed by atoms with van der Waals surface area (Å²) in [5.41, 5.74) is 0.647. The van der Waals surface area contributed by atoms with Crippen molar-refractivity contribution in [2.45, 2.75) is 18.9 Å². The van der Waals surface area contributed by atoms with E-state index >= 15 is 0 Å². The van der Waals surface area contributed by atoms with Crippen LogP contribution in [0.5, 0.6) is 5.75 Å². The molecule has 0 amide bonds. The minimum atomic E-state index is -0.549. The third-order valence-electron chi connectivity index (χ3n) is 3.76. The SMILES string of the molecule is O=C(OCC1CCCO1)c1cccc(OC(=O)c2cccc(Cl)c2)c1. The fourth-order valence-corrected chi connectivity index (χ4v) is 2.69. The van der Waals surface area contributed by atoms with E-state index in [9.17, 15) is 9.59 Å². The number of halogens is 1. The Morgan fingerprint density at radius 1 is 1.08 bits per heavy atom. The van der Waals surface area contributed by atoms with Gasteiger partial charge in [0.2, 0.25) is 0 Å². The fourth-order valence-electron chi connectivity index (χ4n) is 2.50. The molecule has 5 nitrogen and oxygen atoms in total.